The normalized spacial score (nSPS) is 15.8. The predicted octanol–water partition coefficient (Wildman–Crippen LogP) is 3.04. The molecule has 1 aliphatic heterocycles. The first-order valence-electron chi connectivity index (χ1n) is 9.19. The van der Waals surface area contributed by atoms with Gasteiger partial charge in [0.2, 0.25) is 0 Å². The first-order valence-corrected chi connectivity index (χ1v) is 9.19. The summed E-state index contributed by atoms with van der Waals surface area (Å²) in [5.41, 5.74) is 2.33. The number of carbonyl (C=O) groups excluding carboxylic acids is 1. The van der Waals surface area contributed by atoms with Gasteiger partial charge < -0.3 is 13.7 Å². The zero-order chi connectivity index (χ0) is 18.8. The minimum Gasteiger partial charge on any atom is -0.459 e. The zero-order valence-electron chi connectivity index (χ0n) is 15.3. The summed E-state index contributed by atoms with van der Waals surface area (Å²) < 4.78 is 10.6. The van der Waals surface area contributed by atoms with Gasteiger partial charge in [0.25, 0.3) is 5.91 Å². The molecule has 3 aromatic rings. The van der Waals surface area contributed by atoms with Crippen molar-refractivity contribution >= 4 is 16.9 Å². The Kier molecular flexibility index (Phi) is 4.81. The fraction of sp³-hybridized carbons (Fsp3) is 0.333. The lowest BCUT2D eigenvalue weighted by atomic mass is 10.1. The standard InChI is InChI=1S/C21H22N2O4/c1-15-12-20(24)27-19-13-16(5-6-17(15)19)14-22-7-3-8-23(10-9-22)21(25)18-4-2-11-26-18/h2,4-6,11-13H,3,7-10,14H2,1H3. The SMILES string of the molecule is Cc1cc(=O)oc2cc(CN3CCCN(C(=O)c4ccco4)CC3)ccc12. The van der Waals surface area contributed by atoms with Crippen LogP contribution in [0.1, 0.15) is 28.1 Å². The van der Waals surface area contributed by atoms with Crippen molar-refractivity contribution in [3.8, 4) is 0 Å². The van der Waals surface area contributed by atoms with Gasteiger partial charge in [0.1, 0.15) is 5.58 Å². The Morgan fingerprint density at radius 2 is 2.00 bits per heavy atom. The highest BCUT2D eigenvalue weighted by atomic mass is 16.4. The molecule has 1 saturated heterocycles. The van der Waals surface area contributed by atoms with Gasteiger partial charge in [0, 0.05) is 44.2 Å². The predicted molar refractivity (Wildman–Crippen MR) is 102 cm³/mol. The summed E-state index contributed by atoms with van der Waals surface area (Å²) in [7, 11) is 0. The number of fused-ring (bicyclic) bond motifs is 1. The van der Waals surface area contributed by atoms with E-state index in [1.54, 1.807) is 12.1 Å². The van der Waals surface area contributed by atoms with Crippen molar-refractivity contribution in [1.82, 2.24) is 9.80 Å². The molecular formula is C21H22N2O4. The summed E-state index contributed by atoms with van der Waals surface area (Å²) in [5.74, 6) is 0.341. The third-order valence-electron chi connectivity index (χ3n) is 5.03. The van der Waals surface area contributed by atoms with Gasteiger partial charge in [-0.05, 0) is 42.7 Å². The monoisotopic (exact) mass is 366 g/mol. The third kappa shape index (κ3) is 3.80. The van der Waals surface area contributed by atoms with Gasteiger partial charge in [-0.3, -0.25) is 9.69 Å². The molecule has 6 heteroatoms. The van der Waals surface area contributed by atoms with Crippen LogP contribution in [0.15, 0.2) is 56.3 Å². The van der Waals surface area contributed by atoms with Gasteiger partial charge in [-0.1, -0.05) is 12.1 Å². The summed E-state index contributed by atoms with van der Waals surface area (Å²) in [6.45, 7) is 5.78. The summed E-state index contributed by atoms with van der Waals surface area (Å²) in [6, 6.07) is 11.0. The summed E-state index contributed by atoms with van der Waals surface area (Å²) in [6.07, 6.45) is 2.44. The molecule has 140 valence electrons. The highest BCUT2D eigenvalue weighted by molar-refractivity contribution is 5.91. The molecule has 1 aromatic carbocycles. The maximum absolute atomic E-state index is 12.5. The Morgan fingerprint density at radius 1 is 1.11 bits per heavy atom. The Labute approximate surface area is 157 Å². The minimum atomic E-state index is -0.320. The van der Waals surface area contributed by atoms with Crippen molar-refractivity contribution in [1.29, 1.82) is 0 Å². The molecule has 1 aliphatic rings. The Morgan fingerprint density at radius 3 is 2.81 bits per heavy atom. The summed E-state index contributed by atoms with van der Waals surface area (Å²) in [5, 5.41) is 0.962. The first kappa shape index (κ1) is 17.5. The molecule has 1 fully saturated rings. The molecular weight excluding hydrogens is 344 g/mol. The molecule has 27 heavy (non-hydrogen) atoms. The largest absolute Gasteiger partial charge is 0.459 e. The van der Waals surface area contributed by atoms with Crippen LogP contribution in [0.3, 0.4) is 0 Å². The number of carbonyl (C=O) groups is 1. The van der Waals surface area contributed by atoms with Crippen molar-refractivity contribution in [2.45, 2.75) is 19.9 Å². The van der Waals surface area contributed by atoms with E-state index >= 15 is 0 Å². The molecule has 2 aromatic heterocycles. The van der Waals surface area contributed by atoms with E-state index in [0.29, 0.717) is 17.9 Å². The van der Waals surface area contributed by atoms with Crippen molar-refractivity contribution in [3.05, 3.63) is 70.0 Å². The first-order chi connectivity index (χ1) is 13.1. The van der Waals surface area contributed by atoms with E-state index in [2.05, 4.69) is 11.0 Å². The summed E-state index contributed by atoms with van der Waals surface area (Å²) in [4.78, 5) is 28.3. The molecule has 0 aliphatic carbocycles. The number of rotatable bonds is 3. The number of furan rings is 1. The highest BCUT2D eigenvalue weighted by Gasteiger charge is 2.22. The lowest BCUT2D eigenvalue weighted by molar-refractivity contribution is 0.0729. The smallest absolute Gasteiger partial charge is 0.336 e. The topological polar surface area (TPSA) is 66.9 Å². The lowest BCUT2D eigenvalue weighted by Gasteiger charge is -2.21. The van der Waals surface area contributed by atoms with Crippen LogP contribution in [0.4, 0.5) is 0 Å². The van der Waals surface area contributed by atoms with Crippen LogP contribution in [-0.4, -0.2) is 41.9 Å². The van der Waals surface area contributed by atoms with E-state index in [4.69, 9.17) is 8.83 Å². The van der Waals surface area contributed by atoms with Gasteiger partial charge in [-0.15, -0.1) is 0 Å². The molecule has 0 N–H and O–H groups in total. The molecule has 3 heterocycles. The van der Waals surface area contributed by atoms with Crippen LogP contribution in [-0.2, 0) is 6.54 Å². The van der Waals surface area contributed by atoms with Gasteiger partial charge in [-0.25, -0.2) is 4.79 Å². The second-order valence-electron chi connectivity index (χ2n) is 6.98. The number of amides is 1. The fourth-order valence-corrected chi connectivity index (χ4v) is 3.61. The Bertz CT molecular complexity index is 1010. The van der Waals surface area contributed by atoms with E-state index in [1.165, 1.54) is 12.3 Å². The maximum Gasteiger partial charge on any atom is 0.336 e. The molecule has 0 radical (unpaired) electrons. The van der Waals surface area contributed by atoms with Crippen molar-refractivity contribution < 1.29 is 13.6 Å². The second-order valence-corrected chi connectivity index (χ2v) is 6.98. The number of hydrogen-bond acceptors (Lipinski definition) is 5. The van der Waals surface area contributed by atoms with Gasteiger partial charge in [0.15, 0.2) is 5.76 Å². The molecule has 1 amide bonds. The van der Waals surface area contributed by atoms with E-state index in [9.17, 15) is 9.59 Å². The summed E-state index contributed by atoms with van der Waals surface area (Å²) >= 11 is 0. The van der Waals surface area contributed by atoms with E-state index in [-0.39, 0.29) is 11.5 Å². The fourth-order valence-electron chi connectivity index (χ4n) is 3.61. The van der Waals surface area contributed by atoms with Crippen LogP contribution in [0.25, 0.3) is 11.0 Å². The number of aryl methyl sites for hydroxylation is 1. The molecule has 0 atom stereocenters. The highest BCUT2D eigenvalue weighted by Crippen LogP contribution is 2.19. The molecule has 0 unspecified atom stereocenters. The van der Waals surface area contributed by atoms with Gasteiger partial charge in [-0.2, -0.15) is 0 Å². The van der Waals surface area contributed by atoms with Gasteiger partial charge in [0.05, 0.1) is 6.26 Å². The second kappa shape index (κ2) is 7.40. The van der Waals surface area contributed by atoms with E-state index in [0.717, 1.165) is 49.1 Å². The van der Waals surface area contributed by atoms with E-state index in [1.807, 2.05) is 24.0 Å². The average molecular weight is 366 g/mol. The number of benzene rings is 1. The Hall–Kier alpha value is -2.86. The van der Waals surface area contributed by atoms with E-state index < -0.39 is 0 Å². The molecule has 6 nitrogen and oxygen atoms in total. The van der Waals surface area contributed by atoms with Crippen molar-refractivity contribution in [2.24, 2.45) is 0 Å². The van der Waals surface area contributed by atoms with Crippen LogP contribution in [0, 0.1) is 6.92 Å². The zero-order valence-corrected chi connectivity index (χ0v) is 15.3. The molecule has 0 bridgehead atoms. The van der Waals surface area contributed by atoms with Crippen LogP contribution in [0.5, 0.6) is 0 Å². The van der Waals surface area contributed by atoms with Crippen LogP contribution in [0.2, 0.25) is 0 Å². The molecule has 0 saturated carbocycles. The maximum atomic E-state index is 12.5. The third-order valence-corrected chi connectivity index (χ3v) is 5.03. The van der Waals surface area contributed by atoms with Crippen molar-refractivity contribution in [2.75, 3.05) is 26.2 Å². The molecule has 0 spiro atoms. The minimum absolute atomic E-state index is 0.0511. The number of nitrogens with zero attached hydrogens (tertiary/aromatic N) is 2. The van der Waals surface area contributed by atoms with Gasteiger partial charge >= 0.3 is 5.63 Å². The average Bonchev–Trinajstić information content (AvgIpc) is 3.08. The Balaban J connectivity index is 1.45. The lowest BCUT2D eigenvalue weighted by Crippen LogP contribution is -2.34. The quantitative estimate of drug-likeness (QED) is 0.667. The van der Waals surface area contributed by atoms with Crippen LogP contribution < -0.4 is 5.63 Å². The van der Waals surface area contributed by atoms with Crippen LogP contribution >= 0.6 is 0 Å². The molecule has 4 rings (SSSR count). The van der Waals surface area contributed by atoms with Crippen molar-refractivity contribution in [3.63, 3.8) is 0 Å². The number of hydrogen-bond donors (Lipinski definition) is 0.